The van der Waals surface area contributed by atoms with Crippen LogP contribution in [0.3, 0.4) is 0 Å². The molecule has 2 N–H and O–H groups in total. The first-order chi connectivity index (χ1) is 11.6. The number of ether oxygens (including phenoxy) is 1. The Morgan fingerprint density at radius 1 is 1.29 bits per heavy atom. The van der Waals surface area contributed by atoms with Gasteiger partial charge < -0.3 is 14.9 Å². The van der Waals surface area contributed by atoms with E-state index in [2.05, 4.69) is 18.2 Å². The van der Waals surface area contributed by atoms with E-state index in [9.17, 15) is 10.2 Å². The lowest BCUT2D eigenvalue weighted by Crippen LogP contribution is -2.46. The van der Waals surface area contributed by atoms with Crippen LogP contribution < -0.4 is 4.74 Å². The zero-order valence-corrected chi connectivity index (χ0v) is 14.1. The minimum Gasteiger partial charge on any atom is -0.497 e. The van der Waals surface area contributed by atoms with Crippen molar-refractivity contribution < 1.29 is 14.9 Å². The second kappa shape index (κ2) is 5.75. The summed E-state index contributed by atoms with van der Waals surface area (Å²) in [4.78, 5) is 0. The Morgan fingerprint density at radius 3 is 2.88 bits per heavy atom. The van der Waals surface area contributed by atoms with E-state index in [0.717, 1.165) is 31.4 Å². The predicted octanol–water partition coefficient (Wildman–Crippen LogP) is 2.78. The highest BCUT2D eigenvalue weighted by atomic mass is 16.5. The van der Waals surface area contributed by atoms with Crippen molar-refractivity contribution in [1.29, 1.82) is 5.26 Å². The Labute approximate surface area is 143 Å². The number of aliphatic hydroxyl groups is 2. The van der Waals surface area contributed by atoms with Crippen LogP contribution in [0.25, 0.3) is 0 Å². The fraction of sp³-hybridized carbons (Fsp3) is 0.650. The lowest BCUT2D eigenvalue weighted by Gasteiger charge is -2.46. The molecule has 0 spiro atoms. The number of hydrogen-bond acceptors (Lipinski definition) is 4. The number of fused-ring (bicyclic) bond motifs is 5. The van der Waals surface area contributed by atoms with Crippen LogP contribution in [0.1, 0.15) is 49.1 Å². The fourth-order valence-corrected chi connectivity index (χ4v) is 5.84. The largest absolute Gasteiger partial charge is 0.497 e. The van der Waals surface area contributed by atoms with Gasteiger partial charge in [-0.25, -0.2) is 0 Å². The van der Waals surface area contributed by atoms with Gasteiger partial charge in [-0.3, -0.25) is 0 Å². The molecule has 2 saturated carbocycles. The summed E-state index contributed by atoms with van der Waals surface area (Å²) < 4.78 is 5.36. The number of benzene rings is 1. The van der Waals surface area contributed by atoms with E-state index in [0.29, 0.717) is 24.2 Å². The molecule has 4 rings (SSSR count). The lowest BCUT2D eigenvalue weighted by atomic mass is 9.59. The van der Waals surface area contributed by atoms with Crippen LogP contribution in [0, 0.1) is 29.1 Å². The molecule has 0 saturated heterocycles. The number of methoxy groups -OCH3 is 1. The molecular formula is C20H25NO3. The number of hydrogen-bond donors (Lipinski definition) is 2. The summed E-state index contributed by atoms with van der Waals surface area (Å²) in [5, 5.41) is 30.4. The quantitative estimate of drug-likeness (QED) is 0.876. The number of rotatable bonds is 2. The molecule has 3 aliphatic rings. The second-order valence-corrected chi connectivity index (χ2v) is 7.80. The van der Waals surface area contributed by atoms with Gasteiger partial charge in [-0.15, -0.1) is 0 Å². The molecule has 0 amide bonds. The van der Waals surface area contributed by atoms with Gasteiger partial charge in [-0.2, -0.15) is 5.26 Å². The van der Waals surface area contributed by atoms with Gasteiger partial charge in [0.1, 0.15) is 11.4 Å². The van der Waals surface area contributed by atoms with Crippen LogP contribution in [-0.4, -0.2) is 29.0 Å². The topological polar surface area (TPSA) is 73.5 Å². The Bertz CT molecular complexity index is 682. The molecule has 6 unspecified atom stereocenters. The van der Waals surface area contributed by atoms with Crippen molar-refractivity contribution in [3.05, 3.63) is 29.3 Å². The monoisotopic (exact) mass is 327 g/mol. The van der Waals surface area contributed by atoms with Gasteiger partial charge in [0.2, 0.25) is 0 Å². The van der Waals surface area contributed by atoms with Crippen LogP contribution in [0.2, 0.25) is 0 Å². The Morgan fingerprint density at radius 2 is 2.12 bits per heavy atom. The smallest absolute Gasteiger partial charge is 0.119 e. The molecule has 0 bridgehead atoms. The van der Waals surface area contributed by atoms with E-state index in [1.807, 2.05) is 6.07 Å². The molecule has 4 nitrogen and oxygen atoms in total. The highest BCUT2D eigenvalue weighted by Gasteiger charge is 2.58. The van der Waals surface area contributed by atoms with Crippen LogP contribution in [0.5, 0.6) is 5.75 Å². The molecule has 2 fully saturated rings. The summed E-state index contributed by atoms with van der Waals surface area (Å²) in [7, 11) is 1.70. The molecular weight excluding hydrogens is 302 g/mol. The third kappa shape index (κ3) is 2.18. The number of aliphatic hydroxyl groups excluding tert-OH is 1. The summed E-state index contributed by atoms with van der Waals surface area (Å²) in [6.07, 6.45) is 3.97. The van der Waals surface area contributed by atoms with Gasteiger partial charge in [-0.05, 0) is 79.0 Å². The fourth-order valence-electron chi connectivity index (χ4n) is 5.84. The molecule has 0 heterocycles. The highest BCUT2D eigenvalue weighted by Crippen LogP contribution is 2.58. The first-order valence-electron chi connectivity index (χ1n) is 9.02. The molecule has 0 aliphatic heterocycles. The molecule has 6 atom stereocenters. The first kappa shape index (κ1) is 15.9. The summed E-state index contributed by atoms with van der Waals surface area (Å²) in [6.45, 7) is 0. The van der Waals surface area contributed by atoms with Crippen LogP contribution >= 0.6 is 0 Å². The maximum Gasteiger partial charge on any atom is 0.119 e. The third-order valence-electron chi connectivity index (χ3n) is 6.95. The Kier molecular flexibility index (Phi) is 3.82. The average Bonchev–Trinajstić information content (AvgIpc) is 2.85. The Balaban J connectivity index is 1.64. The van der Waals surface area contributed by atoms with Crippen molar-refractivity contribution in [2.45, 2.75) is 56.1 Å². The van der Waals surface area contributed by atoms with Gasteiger partial charge in [0.25, 0.3) is 0 Å². The molecule has 1 aromatic carbocycles. The number of aryl methyl sites for hydroxylation is 1. The standard InChI is InChI=1S/C20H25NO3/c1-24-13-3-5-14-12(10-13)2-4-16-15(14)6-7-18-17(16)11-19(22)20(18,23)8-9-21/h3,5,10,15-19,22-23H,2,4,6-8,11H2,1H3. The summed E-state index contributed by atoms with van der Waals surface area (Å²) in [5.41, 5.74) is 1.61. The zero-order chi connectivity index (χ0) is 16.9. The normalized spacial score (nSPS) is 40.2. The number of nitrogens with zero attached hydrogens (tertiary/aromatic N) is 1. The maximum absolute atomic E-state index is 10.9. The second-order valence-electron chi connectivity index (χ2n) is 7.80. The molecule has 4 heteroatoms. The van der Waals surface area contributed by atoms with E-state index >= 15 is 0 Å². The molecule has 0 aromatic heterocycles. The molecule has 128 valence electrons. The van der Waals surface area contributed by atoms with Gasteiger partial charge in [0.15, 0.2) is 0 Å². The summed E-state index contributed by atoms with van der Waals surface area (Å²) >= 11 is 0. The van der Waals surface area contributed by atoms with Crippen molar-refractivity contribution in [3.8, 4) is 11.8 Å². The van der Waals surface area contributed by atoms with Crippen LogP contribution in [0.4, 0.5) is 0 Å². The summed E-state index contributed by atoms with van der Waals surface area (Å²) in [6, 6.07) is 8.50. The van der Waals surface area contributed by atoms with Crippen molar-refractivity contribution in [2.75, 3.05) is 7.11 Å². The minimum atomic E-state index is -1.20. The zero-order valence-electron chi connectivity index (χ0n) is 14.1. The average molecular weight is 327 g/mol. The van der Waals surface area contributed by atoms with Crippen molar-refractivity contribution in [3.63, 3.8) is 0 Å². The van der Waals surface area contributed by atoms with Crippen LogP contribution in [0.15, 0.2) is 18.2 Å². The van der Waals surface area contributed by atoms with Gasteiger partial charge in [0.05, 0.1) is 25.7 Å². The summed E-state index contributed by atoms with van der Waals surface area (Å²) in [5.74, 6) is 2.32. The Hall–Kier alpha value is -1.57. The molecule has 24 heavy (non-hydrogen) atoms. The van der Waals surface area contributed by atoms with Gasteiger partial charge in [-0.1, -0.05) is 6.07 Å². The molecule has 0 radical (unpaired) electrons. The predicted molar refractivity (Wildman–Crippen MR) is 89.6 cm³/mol. The van der Waals surface area contributed by atoms with Crippen molar-refractivity contribution in [1.82, 2.24) is 0 Å². The van der Waals surface area contributed by atoms with Crippen molar-refractivity contribution in [2.24, 2.45) is 17.8 Å². The van der Waals surface area contributed by atoms with E-state index in [4.69, 9.17) is 10.00 Å². The van der Waals surface area contributed by atoms with Gasteiger partial charge >= 0.3 is 0 Å². The third-order valence-corrected chi connectivity index (χ3v) is 6.95. The first-order valence-corrected chi connectivity index (χ1v) is 9.02. The highest BCUT2D eigenvalue weighted by molar-refractivity contribution is 5.40. The maximum atomic E-state index is 10.9. The molecule has 1 aromatic rings. The minimum absolute atomic E-state index is 0.0422. The van der Waals surface area contributed by atoms with Crippen molar-refractivity contribution >= 4 is 0 Å². The molecule has 3 aliphatic carbocycles. The van der Waals surface area contributed by atoms with E-state index < -0.39 is 11.7 Å². The SMILES string of the molecule is COc1ccc2c(c1)CCC1C2CCC2C1CC(O)C2(O)CC#N. The van der Waals surface area contributed by atoms with Gasteiger partial charge in [0, 0.05) is 0 Å². The van der Waals surface area contributed by atoms with E-state index in [-0.39, 0.29) is 12.3 Å². The van der Waals surface area contributed by atoms with E-state index in [1.54, 1.807) is 7.11 Å². The van der Waals surface area contributed by atoms with Crippen LogP contribution in [-0.2, 0) is 6.42 Å². The lowest BCUT2D eigenvalue weighted by molar-refractivity contribution is -0.0894. The number of nitriles is 1. The van der Waals surface area contributed by atoms with E-state index in [1.165, 1.54) is 11.1 Å².